The zero-order chi connectivity index (χ0) is 14.1. The molecular formula is C14H23N3O2. The molecule has 0 saturated heterocycles. The van der Waals surface area contributed by atoms with Crippen LogP contribution in [-0.4, -0.2) is 31.2 Å². The number of ether oxygens (including phenoxy) is 1. The molecule has 0 atom stereocenters. The highest BCUT2D eigenvalue weighted by Crippen LogP contribution is 2.10. The summed E-state index contributed by atoms with van der Waals surface area (Å²) in [5, 5.41) is 6.02. The Kier molecular flexibility index (Phi) is 6.89. The molecule has 2 N–H and O–H groups in total. The molecule has 5 nitrogen and oxygen atoms in total. The molecule has 0 spiro atoms. The van der Waals surface area contributed by atoms with E-state index in [9.17, 15) is 4.79 Å². The predicted molar refractivity (Wildman–Crippen MR) is 77.3 cm³/mol. The molecule has 1 aromatic rings. The molecule has 0 bridgehead atoms. The first-order chi connectivity index (χ1) is 9.11. The van der Waals surface area contributed by atoms with Gasteiger partial charge in [-0.1, -0.05) is 13.8 Å². The van der Waals surface area contributed by atoms with Gasteiger partial charge in [0.25, 0.3) is 0 Å². The van der Waals surface area contributed by atoms with E-state index in [1.807, 2.05) is 19.9 Å². The second kappa shape index (κ2) is 8.48. The van der Waals surface area contributed by atoms with Crippen LogP contribution in [0.3, 0.4) is 0 Å². The highest BCUT2D eigenvalue weighted by atomic mass is 16.5. The Hall–Kier alpha value is -1.62. The van der Waals surface area contributed by atoms with Crippen LogP contribution in [-0.2, 0) is 9.53 Å². The first-order valence-corrected chi connectivity index (χ1v) is 6.60. The average Bonchev–Trinajstić information content (AvgIpc) is 2.35. The van der Waals surface area contributed by atoms with Gasteiger partial charge in [-0.25, -0.2) is 4.98 Å². The smallest absolute Gasteiger partial charge is 0.225 e. The number of carbonyl (C=O) groups is 1. The molecule has 1 rings (SSSR count). The van der Waals surface area contributed by atoms with Crippen molar-refractivity contribution in [1.82, 2.24) is 4.98 Å². The van der Waals surface area contributed by atoms with Gasteiger partial charge in [-0.2, -0.15) is 0 Å². The van der Waals surface area contributed by atoms with E-state index in [-0.39, 0.29) is 5.91 Å². The minimum absolute atomic E-state index is 0.00306. The summed E-state index contributed by atoms with van der Waals surface area (Å²) >= 11 is 0. The molecule has 5 heteroatoms. The van der Waals surface area contributed by atoms with Gasteiger partial charge in [-0.3, -0.25) is 4.79 Å². The number of carbonyl (C=O) groups excluding carboxylic acids is 1. The average molecular weight is 265 g/mol. The molecule has 1 heterocycles. The number of methoxy groups -OCH3 is 1. The fourth-order valence-corrected chi connectivity index (χ4v) is 1.59. The monoisotopic (exact) mass is 265 g/mol. The molecule has 0 unspecified atom stereocenters. The lowest BCUT2D eigenvalue weighted by atomic mass is 10.1. The van der Waals surface area contributed by atoms with E-state index >= 15 is 0 Å². The van der Waals surface area contributed by atoms with Crippen molar-refractivity contribution < 1.29 is 9.53 Å². The van der Waals surface area contributed by atoms with E-state index in [0.717, 1.165) is 25.3 Å². The summed E-state index contributed by atoms with van der Waals surface area (Å²) in [6.07, 6.45) is 3.18. The van der Waals surface area contributed by atoms with Crippen LogP contribution >= 0.6 is 0 Å². The van der Waals surface area contributed by atoms with Crippen molar-refractivity contribution in [2.75, 3.05) is 30.9 Å². The van der Waals surface area contributed by atoms with E-state index in [1.165, 1.54) is 0 Å². The Bertz CT molecular complexity index is 377. The van der Waals surface area contributed by atoms with Crippen LogP contribution in [0.5, 0.6) is 0 Å². The third-order valence-electron chi connectivity index (χ3n) is 2.48. The van der Waals surface area contributed by atoms with Crippen molar-refractivity contribution in [3.63, 3.8) is 0 Å². The molecule has 0 fully saturated rings. The highest BCUT2D eigenvalue weighted by molar-refractivity contribution is 5.89. The number of anilines is 2. The number of rotatable bonds is 8. The third kappa shape index (κ3) is 6.76. The SMILES string of the molecule is COCCCNc1ccc(NC(=O)CC(C)C)nc1. The van der Waals surface area contributed by atoms with Crippen LogP contribution in [0.1, 0.15) is 26.7 Å². The Morgan fingerprint density at radius 2 is 2.21 bits per heavy atom. The second-order valence-electron chi connectivity index (χ2n) is 4.85. The molecular weight excluding hydrogens is 242 g/mol. The summed E-state index contributed by atoms with van der Waals surface area (Å²) < 4.78 is 4.97. The first kappa shape index (κ1) is 15.4. The van der Waals surface area contributed by atoms with E-state index < -0.39 is 0 Å². The van der Waals surface area contributed by atoms with Gasteiger partial charge in [0.2, 0.25) is 5.91 Å². The molecule has 0 aliphatic heterocycles. The first-order valence-electron chi connectivity index (χ1n) is 6.60. The van der Waals surface area contributed by atoms with Crippen molar-refractivity contribution in [3.8, 4) is 0 Å². The van der Waals surface area contributed by atoms with Crippen LogP contribution < -0.4 is 10.6 Å². The molecule has 0 aliphatic carbocycles. The van der Waals surface area contributed by atoms with Gasteiger partial charge in [0.05, 0.1) is 11.9 Å². The third-order valence-corrected chi connectivity index (χ3v) is 2.48. The van der Waals surface area contributed by atoms with Gasteiger partial charge >= 0.3 is 0 Å². The van der Waals surface area contributed by atoms with Gasteiger partial charge in [0.1, 0.15) is 5.82 Å². The Morgan fingerprint density at radius 3 is 2.79 bits per heavy atom. The van der Waals surface area contributed by atoms with Crippen molar-refractivity contribution in [2.45, 2.75) is 26.7 Å². The number of nitrogens with zero attached hydrogens (tertiary/aromatic N) is 1. The number of amides is 1. The minimum atomic E-state index is 0.00306. The fourth-order valence-electron chi connectivity index (χ4n) is 1.59. The molecule has 1 amide bonds. The Balaban J connectivity index is 2.36. The van der Waals surface area contributed by atoms with Crippen LogP contribution in [0.4, 0.5) is 11.5 Å². The standard InChI is InChI=1S/C14H23N3O2/c1-11(2)9-14(18)17-13-6-5-12(10-16-13)15-7-4-8-19-3/h5-6,10-11,15H,4,7-9H2,1-3H3,(H,16,17,18). The fraction of sp³-hybridized carbons (Fsp3) is 0.571. The quantitative estimate of drug-likeness (QED) is 0.709. The van der Waals surface area contributed by atoms with Gasteiger partial charge < -0.3 is 15.4 Å². The van der Waals surface area contributed by atoms with Crippen LogP contribution in [0.25, 0.3) is 0 Å². The summed E-state index contributed by atoms with van der Waals surface area (Å²) in [5.74, 6) is 0.943. The Labute approximate surface area is 114 Å². The minimum Gasteiger partial charge on any atom is -0.385 e. The lowest BCUT2D eigenvalue weighted by Crippen LogP contribution is -2.14. The van der Waals surface area contributed by atoms with Crippen LogP contribution in [0, 0.1) is 5.92 Å². The van der Waals surface area contributed by atoms with Crippen LogP contribution in [0.2, 0.25) is 0 Å². The van der Waals surface area contributed by atoms with Crippen molar-refractivity contribution >= 4 is 17.4 Å². The summed E-state index contributed by atoms with van der Waals surface area (Å²) in [6, 6.07) is 3.71. The van der Waals surface area contributed by atoms with E-state index in [0.29, 0.717) is 18.2 Å². The summed E-state index contributed by atoms with van der Waals surface area (Å²) in [4.78, 5) is 15.8. The molecule has 19 heavy (non-hydrogen) atoms. The number of pyridine rings is 1. The lowest BCUT2D eigenvalue weighted by Gasteiger charge is -2.08. The van der Waals surface area contributed by atoms with Crippen molar-refractivity contribution in [1.29, 1.82) is 0 Å². The van der Waals surface area contributed by atoms with E-state index in [4.69, 9.17) is 4.74 Å². The molecule has 0 saturated carbocycles. The summed E-state index contributed by atoms with van der Waals surface area (Å²) in [7, 11) is 1.69. The van der Waals surface area contributed by atoms with Crippen LogP contribution in [0.15, 0.2) is 18.3 Å². The second-order valence-corrected chi connectivity index (χ2v) is 4.85. The molecule has 0 aliphatic rings. The summed E-state index contributed by atoms with van der Waals surface area (Å²) in [5.41, 5.74) is 0.943. The van der Waals surface area contributed by atoms with Gasteiger partial charge in [-0.15, -0.1) is 0 Å². The van der Waals surface area contributed by atoms with Gasteiger partial charge in [0, 0.05) is 26.7 Å². The lowest BCUT2D eigenvalue weighted by molar-refractivity contribution is -0.116. The normalized spacial score (nSPS) is 10.5. The number of nitrogens with one attached hydrogen (secondary N) is 2. The van der Waals surface area contributed by atoms with E-state index in [2.05, 4.69) is 15.6 Å². The van der Waals surface area contributed by atoms with E-state index in [1.54, 1.807) is 19.4 Å². The topological polar surface area (TPSA) is 63.2 Å². The molecule has 0 radical (unpaired) electrons. The van der Waals surface area contributed by atoms with Crippen molar-refractivity contribution in [2.24, 2.45) is 5.92 Å². The maximum atomic E-state index is 11.6. The molecule has 106 valence electrons. The number of aromatic nitrogens is 1. The van der Waals surface area contributed by atoms with Crippen molar-refractivity contribution in [3.05, 3.63) is 18.3 Å². The number of hydrogen-bond acceptors (Lipinski definition) is 4. The number of hydrogen-bond donors (Lipinski definition) is 2. The zero-order valence-electron chi connectivity index (χ0n) is 11.9. The maximum absolute atomic E-state index is 11.6. The zero-order valence-corrected chi connectivity index (χ0v) is 11.9. The maximum Gasteiger partial charge on any atom is 0.225 e. The van der Waals surface area contributed by atoms with Gasteiger partial charge in [0.15, 0.2) is 0 Å². The highest BCUT2D eigenvalue weighted by Gasteiger charge is 2.05. The largest absolute Gasteiger partial charge is 0.385 e. The molecule has 0 aromatic carbocycles. The predicted octanol–water partition coefficient (Wildman–Crippen LogP) is 2.51. The summed E-state index contributed by atoms with van der Waals surface area (Å²) in [6.45, 7) is 5.61. The van der Waals surface area contributed by atoms with Gasteiger partial charge in [-0.05, 0) is 24.5 Å². The Morgan fingerprint density at radius 1 is 1.42 bits per heavy atom. The molecule has 1 aromatic heterocycles.